The van der Waals surface area contributed by atoms with Crippen molar-refractivity contribution in [1.82, 2.24) is 0 Å². The maximum absolute atomic E-state index is 14.9. The molecule has 35 heavy (non-hydrogen) atoms. The van der Waals surface area contributed by atoms with Crippen LogP contribution in [0.1, 0.15) is 55.7 Å². The number of rotatable bonds is 8. The fourth-order valence-corrected chi connectivity index (χ4v) is 4.88. The Morgan fingerprint density at radius 2 is 1.66 bits per heavy atom. The Morgan fingerprint density at radius 1 is 0.914 bits per heavy atom. The first-order valence-electron chi connectivity index (χ1n) is 12.3. The molecule has 0 radical (unpaired) electrons. The number of aliphatic hydroxyl groups excluding tert-OH is 1. The molecule has 0 spiro atoms. The second-order valence-corrected chi connectivity index (χ2v) is 9.38. The summed E-state index contributed by atoms with van der Waals surface area (Å²) in [6.45, 7) is 2.04. The second-order valence-electron chi connectivity index (χ2n) is 9.38. The zero-order valence-corrected chi connectivity index (χ0v) is 19.9. The van der Waals surface area contributed by atoms with Crippen molar-refractivity contribution in [2.45, 2.75) is 58.0 Å². The first kappa shape index (κ1) is 25.1. The van der Waals surface area contributed by atoms with Crippen LogP contribution in [0.5, 0.6) is 5.75 Å². The Labute approximate surface area is 204 Å². The molecule has 1 aliphatic carbocycles. The first-order valence-corrected chi connectivity index (χ1v) is 12.3. The second kappa shape index (κ2) is 11.1. The van der Waals surface area contributed by atoms with Gasteiger partial charge in [-0.1, -0.05) is 55.8 Å². The molecule has 2 atom stereocenters. The number of aromatic hydroxyl groups is 1. The van der Waals surface area contributed by atoms with Crippen LogP contribution in [0, 0.1) is 23.4 Å². The van der Waals surface area contributed by atoms with Crippen LogP contribution in [0.2, 0.25) is 0 Å². The first-order chi connectivity index (χ1) is 16.9. The molecule has 0 saturated heterocycles. The molecule has 4 rings (SSSR count). The highest BCUT2D eigenvalue weighted by molar-refractivity contribution is 5.67. The molecule has 3 aromatic rings. The number of phenolic OH excluding ortho intramolecular Hbond substituents is 1. The third-order valence-electron chi connectivity index (χ3n) is 6.99. The lowest BCUT2D eigenvalue weighted by Crippen LogP contribution is -2.22. The Hall–Kier alpha value is -3.05. The predicted molar refractivity (Wildman–Crippen MR) is 133 cm³/mol. The number of aliphatic hydroxyl groups is 1. The van der Waals surface area contributed by atoms with Gasteiger partial charge in [0, 0.05) is 17.2 Å². The third-order valence-corrected chi connectivity index (χ3v) is 6.99. The topological polar surface area (TPSA) is 40.5 Å². The smallest absolute Gasteiger partial charge is 0.166 e. The van der Waals surface area contributed by atoms with Crippen LogP contribution in [0.25, 0.3) is 16.7 Å². The molecule has 0 bridgehead atoms. The van der Waals surface area contributed by atoms with Crippen molar-refractivity contribution in [2.24, 2.45) is 5.92 Å². The Morgan fingerprint density at radius 3 is 2.31 bits per heavy atom. The molecule has 2 N–H and O–H groups in total. The molecule has 0 heterocycles. The van der Waals surface area contributed by atoms with Crippen LogP contribution in [0.3, 0.4) is 0 Å². The van der Waals surface area contributed by atoms with E-state index in [1.165, 1.54) is 12.1 Å². The number of allylic oxidation sites excluding steroid dienone is 2. The minimum atomic E-state index is -0.806. The van der Waals surface area contributed by atoms with Crippen LogP contribution >= 0.6 is 0 Å². The van der Waals surface area contributed by atoms with E-state index in [0.29, 0.717) is 47.9 Å². The summed E-state index contributed by atoms with van der Waals surface area (Å²) < 4.78 is 43.9. The minimum Gasteiger partial charge on any atom is -0.508 e. The van der Waals surface area contributed by atoms with Gasteiger partial charge in [-0.2, -0.15) is 0 Å². The van der Waals surface area contributed by atoms with E-state index in [2.05, 4.69) is 0 Å². The monoisotopic (exact) mass is 480 g/mol. The molecular weight excluding hydrogens is 449 g/mol. The lowest BCUT2D eigenvalue weighted by molar-refractivity contribution is 0.0934. The molecule has 2 unspecified atom stereocenters. The van der Waals surface area contributed by atoms with Crippen molar-refractivity contribution >= 4 is 5.57 Å². The molecule has 0 aliphatic heterocycles. The molecule has 0 saturated carbocycles. The maximum atomic E-state index is 14.9. The minimum absolute atomic E-state index is 0.127. The van der Waals surface area contributed by atoms with Gasteiger partial charge in [-0.3, -0.25) is 0 Å². The van der Waals surface area contributed by atoms with E-state index in [4.69, 9.17) is 0 Å². The standard InChI is InChI=1S/C30H31F3O2/c1-2-3-28(35)22-12-10-21(11-13-22)26-16-14-23(29(32)30(26)33)9-6-19-4-7-20(8-5-19)25-17-15-24(34)18-27(25)31/h4-5,7-8,10,14-18,22,28,34-35H,2-3,6,9,11-13H2,1H3. The van der Waals surface area contributed by atoms with Gasteiger partial charge >= 0.3 is 0 Å². The number of hydrogen-bond acceptors (Lipinski definition) is 2. The lowest BCUT2D eigenvalue weighted by atomic mass is 9.82. The molecule has 3 aromatic carbocycles. The summed E-state index contributed by atoms with van der Waals surface area (Å²) >= 11 is 0. The molecule has 0 amide bonds. The van der Waals surface area contributed by atoms with Crippen LogP contribution in [0.15, 0.2) is 60.7 Å². The van der Waals surface area contributed by atoms with Crippen LogP contribution < -0.4 is 0 Å². The summed E-state index contributed by atoms with van der Waals surface area (Å²) in [5.41, 5.74) is 3.45. The zero-order chi connectivity index (χ0) is 24.9. The lowest BCUT2D eigenvalue weighted by Gasteiger charge is -2.26. The molecule has 1 aliphatic rings. The van der Waals surface area contributed by atoms with Gasteiger partial charge in [0.15, 0.2) is 11.6 Å². The van der Waals surface area contributed by atoms with Crippen molar-refractivity contribution in [2.75, 3.05) is 0 Å². The zero-order valence-electron chi connectivity index (χ0n) is 19.9. The van der Waals surface area contributed by atoms with Crippen molar-refractivity contribution in [3.63, 3.8) is 0 Å². The fourth-order valence-electron chi connectivity index (χ4n) is 4.88. The molecule has 0 fully saturated rings. The van der Waals surface area contributed by atoms with Crippen molar-refractivity contribution < 1.29 is 23.4 Å². The van der Waals surface area contributed by atoms with Gasteiger partial charge < -0.3 is 10.2 Å². The maximum Gasteiger partial charge on any atom is 0.166 e. The summed E-state index contributed by atoms with van der Waals surface area (Å²) in [4.78, 5) is 0. The van der Waals surface area contributed by atoms with Crippen molar-refractivity contribution in [1.29, 1.82) is 0 Å². The Balaban J connectivity index is 1.41. The number of benzene rings is 3. The number of phenols is 1. The van der Waals surface area contributed by atoms with E-state index in [-0.39, 0.29) is 17.8 Å². The average molecular weight is 481 g/mol. The highest BCUT2D eigenvalue weighted by atomic mass is 19.2. The van der Waals surface area contributed by atoms with Crippen molar-refractivity contribution in [3.05, 3.63) is 94.8 Å². The Kier molecular flexibility index (Phi) is 7.97. The number of hydrogen-bond donors (Lipinski definition) is 2. The van der Waals surface area contributed by atoms with E-state index in [1.54, 1.807) is 24.3 Å². The summed E-state index contributed by atoms with van der Waals surface area (Å²) in [6, 6.07) is 14.6. The van der Waals surface area contributed by atoms with Crippen LogP contribution in [-0.2, 0) is 12.8 Å². The summed E-state index contributed by atoms with van der Waals surface area (Å²) in [6.07, 6.45) is 6.27. The normalized spacial score (nSPS) is 16.7. The number of halogens is 3. The van der Waals surface area contributed by atoms with Gasteiger partial charge in [0.1, 0.15) is 11.6 Å². The highest BCUT2D eigenvalue weighted by Crippen LogP contribution is 2.35. The van der Waals surface area contributed by atoms with Crippen molar-refractivity contribution in [3.8, 4) is 16.9 Å². The third kappa shape index (κ3) is 5.79. The quantitative estimate of drug-likeness (QED) is 0.348. The van der Waals surface area contributed by atoms with E-state index in [1.807, 2.05) is 25.1 Å². The average Bonchev–Trinajstić information content (AvgIpc) is 2.86. The van der Waals surface area contributed by atoms with E-state index in [0.717, 1.165) is 36.5 Å². The van der Waals surface area contributed by atoms with Gasteiger partial charge in [0.25, 0.3) is 0 Å². The summed E-state index contributed by atoms with van der Waals surface area (Å²) in [5, 5.41) is 19.6. The molecule has 2 nitrogen and oxygen atoms in total. The van der Waals surface area contributed by atoms with Crippen LogP contribution in [0.4, 0.5) is 13.2 Å². The van der Waals surface area contributed by atoms with Gasteiger partial charge in [0.2, 0.25) is 0 Å². The van der Waals surface area contributed by atoms with Gasteiger partial charge in [-0.05, 0) is 78.8 Å². The summed E-state index contributed by atoms with van der Waals surface area (Å²) in [5.74, 6) is -2.06. The highest BCUT2D eigenvalue weighted by Gasteiger charge is 2.24. The number of aryl methyl sites for hydroxylation is 2. The van der Waals surface area contributed by atoms with E-state index < -0.39 is 17.5 Å². The molecular formula is C30H31F3O2. The molecule has 5 heteroatoms. The van der Waals surface area contributed by atoms with E-state index in [9.17, 15) is 23.4 Å². The van der Waals surface area contributed by atoms with Crippen LogP contribution in [-0.4, -0.2) is 16.3 Å². The van der Waals surface area contributed by atoms with Gasteiger partial charge in [-0.15, -0.1) is 0 Å². The largest absolute Gasteiger partial charge is 0.508 e. The SMILES string of the molecule is CCCC(O)C1CC=C(c2ccc(CCc3ccc(-c4ccc(O)cc4F)cc3)c(F)c2F)CC1. The van der Waals surface area contributed by atoms with Gasteiger partial charge in [-0.25, -0.2) is 13.2 Å². The van der Waals surface area contributed by atoms with Gasteiger partial charge in [0.05, 0.1) is 6.10 Å². The fraction of sp³-hybridized carbons (Fsp3) is 0.333. The predicted octanol–water partition coefficient (Wildman–Crippen LogP) is 7.61. The Bertz CT molecular complexity index is 1200. The summed E-state index contributed by atoms with van der Waals surface area (Å²) in [7, 11) is 0. The van der Waals surface area contributed by atoms with E-state index >= 15 is 0 Å². The molecule has 0 aromatic heterocycles. The molecule has 184 valence electrons.